The molecule has 222 valence electrons. The maximum absolute atomic E-state index is 12.2. The molecule has 1 atom stereocenters. The number of rotatable bonds is 8. The van der Waals surface area contributed by atoms with E-state index < -0.39 is 0 Å². The number of benzene rings is 2. The molecule has 4 heterocycles. The Hall–Kier alpha value is -3.69. The number of anilines is 2. The zero-order valence-electron chi connectivity index (χ0n) is 24.9. The highest BCUT2D eigenvalue weighted by Crippen LogP contribution is 2.35. The van der Waals surface area contributed by atoms with Gasteiger partial charge in [-0.05, 0) is 49.8 Å². The van der Waals surface area contributed by atoms with Gasteiger partial charge in [-0.3, -0.25) is 9.69 Å². The molecule has 0 aliphatic carbocycles. The Morgan fingerprint density at radius 3 is 2.67 bits per heavy atom. The van der Waals surface area contributed by atoms with E-state index in [2.05, 4.69) is 71.5 Å². The van der Waals surface area contributed by atoms with Gasteiger partial charge in [-0.1, -0.05) is 36.9 Å². The summed E-state index contributed by atoms with van der Waals surface area (Å²) in [4.78, 5) is 31.2. The fourth-order valence-electron chi connectivity index (χ4n) is 6.50. The third-order valence-electron chi connectivity index (χ3n) is 8.70. The Balaban J connectivity index is 1.23. The second-order valence-corrected chi connectivity index (χ2v) is 11.6. The lowest BCUT2D eigenvalue weighted by Crippen LogP contribution is -2.49. The standard InChI is InChI=1S/C33H42N6O3/c1-4-30(40)37-15-17-38(18-16-37)32-27-12-14-39(29-11-6-10-26-9-5-8-24(2)31(26)29)23-28(27)34-33(35-32)42-20-7-13-36-19-21-41-25(3)22-36/h4-6,8-11,25H,1,7,12-23H2,2-3H3/t25-/m0/s1. The van der Waals surface area contributed by atoms with Gasteiger partial charge in [0.1, 0.15) is 5.82 Å². The van der Waals surface area contributed by atoms with E-state index in [1.54, 1.807) is 0 Å². The van der Waals surface area contributed by atoms with Crippen LogP contribution in [0.15, 0.2) is 49.1 Å². The molecule has 0 unspecified atom stereocenters. The Morgan fingerprint density at radius 1 is 1.07 bits per heavy atom. The quantitative estimate of drug-likeness (QED) is 0.299. The van der Waals surface area contributed by atoms with E-state index in [1.807, 2.05) is 4.90 Å². The topological polar surface area (TPSA) is 74.3 Å². The molecule has 3 aliphatic rings. The van der Waals surface area contributed by atoms with Crippen molar-refractivity contribution in [2.24, 2.45) is 0 Å². The molecule has 2 saturated heterocycles. The molecule has 0 spiro atoms. The Labute approximate surface area is 248 Å². The summed E-state index contributed by atoms with van der Waals surface area (Å²) in [6.45, 7) is 16.6. The Bertz CT molecular complexity index is 1430. The molecule has 1 aromatic heterocycles. The van der Waals surface area contributed by atoms with Crippen LogP contribution in [0.2, 0.25) is 0 Å². The lowest BCUT2D eigenvalue weighted by atomic mass is 9.99. The first kappa shape index (κ1) is 28.4. The molecule has 42 heavy (non-hydrogen) atoms. The summed E-state index contributed by atoms with van der Waals surface area (Å²) in [5, 5.41) is 2.56. The lowest BCUT2D eigenvalue weighted by molar-refractivity contribution is -0.126. The van der Waals surface area contributed by atoms with Crippen molar-refractivity contribution in [1.82, 2.24) is 19.8 Å². The van der Waals surface area contributed by atoms with Crippen LogP contribution >= 0.6 is 0 Å². The maximum atomic E-state index is 12.2. The number of hydrogen-bond donors (Lipinski definition) is 0. The fraction of sp³-hybridized carbons (Fsp3) is 0.485. The average molecular weight is 571 g/mol. The first-order valence-electron chi connectivity index (χ1n) is 15.3. The predicted molar refractivity (Wildman–Crippen MR) is 166 cm³/mol. The summed E-state index contributed by atoms with van der Waals surface area (Å²) >= 11 is 0. The van der Waals surface area contributed by atoms with E-state index in [4.69, 9.17) is 19.4 Å². The van der Waals surface area contributed by atoms with Crippen LogP contribution in [0.4, 0.5) is 11.5 Å². The van der Waals surface area contributed by atoms with Crippen LogP contribution in [0.3, 0.4) is 0 Å². The average Bonchev–Trinajstić information content (AvgIpc) is 3.02. The summed E-state index contributed by atoms with van der Waals surface area (Å²) in [6, 6.07) is 13.5. The first-order valence-corrected chi connectivity index (χ1v) is 15.3. The minimum Gasteiger partial charge on any atom is -0.463 e. The van der Waals surface area contributed by atoms with Crippen LogP contribution in [0.5, 0.6) is 6.01 Å². The minimum atomic E-state index is -0.0147. The number of ether oxygens (including phenoxy) is 2. The van der Waals surface area contributed by atoms with E-state index >= 15 is 0 Å². The van der Waals surface area contributed by atoms with Crippen molar-refractivity contribution in [2.75, 3.05) is 75.4 Å². The zero-order valence-corrected chi connectivity index (χ0v) is 24.9. The number of amides is 1. The molecule has 3 aliphatic heterocycles. The Morgan fingerprint density at radius 2 is 1.88 bits per heavy atom. The van der Waals surface area contributed by atoms with Gasteiger partial charge < -0.3 is 24.2 Å². The second-order valence-electron chi connectivity index (χ2n) is 11.6. The number of piperazine rings is 1. The fourth-order valence-corrected chi connectivity index (χ4v) is 6.50. The van der Waals surface area contributed by atoms with Crippen molar-refractivity contribution in [3.63, 3.8) is 0 Å². The normalized spacial score (nSPS) is 19.6. The third-order valence-corrected chi connectivity index (χ3v) is 8.70. The van der Waals surface area contributed by atoms with Crippen LogP contribution in [-0.4, -0.2) is 97.4 Å². The van der Waals surface area contributed by atoms with Gasteiger partial charge in [0.25, 0.3) is 0 Å². The first-order chi connectivity index (χ1) is 20.5. The number of carbonyl (C=O) groups excluding carboxylic acids is 1. The molecule has 9 nitrogen and oxygen atoms in total. The van der Waals surface area contributed by atoms with Crippen LogP contribution < -0.4 is 14.5 Å². The Kier molecular flexibility index (Phi) is 8.58. The number of carbonyl (C=O) groups is 1. The summed E-state index contributed by atoms with van der Waals surface area (Å²) in [5.74, 6) is 0.940. The van der Waals surface area contributed by atoms with Crippen LogP contribution in [0.1, 0.15) is 30.2 Å². The van der Waals surface area contributed by atoms with Gasteiger partial charge in [0, 0.05) is 69.0 Å². The maximum Gasteiger partial charge on any atom is 0.318 e. The number of hydrogen-bond acceptors (Lipinski definition) is 8. The number of aryl methyl sites for hydroxylation is 1. The predicted octanol–water partition coefficient (Wildman–Crippen LogP) is 3.83. The second kappa shape index (κ2) is 12.7. The molecule has 3 aromatic rings. The largest absolute Gasteiger partial charge is 0.463 e. The summed E-state index contributed by atoms with van der Waals surface area (Å²) in [5.41, 5.74) is 4.75. The molecule has 0 N–H and O–H groups in total. The van der Waals surface area contributed by atoms with Crippen molar-refractivity contribution >= 4 is 28.2 Å². The van der Waals surface area contributed by atoms with Gasteiger partial charge in [0.05, 0.1) is 31.6 Å². The molecular weight excluding hydrogens is 528 g/mol. The van der Waals surface area contributed by atoms with Crippen LogP contribution in [0.25, 0.3) is 10.8 Å². The minimum absolute atomic E-state index is 0.0147. The molecule has 0 radical (unpaired) electrons. The number of aromatic nitrogens is 2. The van der Waals surface area contributed by atoms with Gasteiger partial charge in [-0.25, -0.2) is 0 Å². The van der Waals surface area contributed by atoms with E-state index in [-0.39, 0.29) is 12.0 Å². The van der Waals surface area contributed by atoms with Crippen molar-refractivity contribution in [2.45, 2.75) is 39.3 Å². The number of fused-ring (bicyclic) bond motifs is 2. The summed E-state index contributed by atoms with van der Waals surface area (Å²) < 4.78 is 11.9. The van der Waals surface area contributed by atoms with Crippen molar-refractivity contribution in [1.29, 1.82) is 0 Å². The molecule has 0 saturated carbocycles. The molecule has 1 amide bonds. The lowest BCUT2D eigenvalue weighted by Gasteiger charge is -2.38. The van der Waals surface area contributed by atoms with Crippen LogP contribution in [-0.2, 0) is 22.5 Å². The SMILES string of the molecule is C=CC(=O)N1CCN(c2nc(OCCCN3CCO[C@@H](C)C3)nc3c2CCN(c2cccc4cccc(C)c24)C3)CC1. The highest BCUT2D eigenvalue weighted by molar-refractivity contribution is 5.97. The van der Waals surface area contributed by atoms with E-state index in [1.165, 1.54) is 33.7 Å². The van der Waals surface area contributed by atoms with Gasteiger partial charge in [-0.15, -0.1) is 0 Å². The van der Waals surface area contributed by atoms with Gasteiger partial charge >= 0.3 is 6.01 Å². The summed E-state index contributed by atoms with van der Waals surface area (Å²) in [6.07, 6.45) is 3.44. The highest BCUT2D eigenvalue weighted by atomic mass is 16.5. The molecule has 2 aromatic carbocycles. The number of nitrogens with zero attached hydrogens (tertiary/aromatic N) is 6. The van der Waals surface area contributed by atoms with E-state index in [0.29, 0.717) is 32.3 Å². The van der Waals surface area contributed by atoms with E-state index in [0.717, 1.165) is 70.2 Å². The van der Waals surface area contributed by atoms with Gasteiger partial charge in [-0.2, -0.15) is 9.97 Å². The van der Waals surface area contributed by atoms with Crippen molar-refractivity contribution in [3.8, 4) is 6.01 Å². The van der Waals surface area contributed by atoms with Gasteiger partial charge in [0.2, 0.25) is 5.91 Å². The molecule has 0 bridgehead atoms. The monoisotopic (exact) mass is 570 g/mol. The molecule has 6 rings (SSSR count). The van der Waals surface area contributed by atoms with Gasteiger partial charge in [0.15, 0.2) is 0 Å². The van der Waals surface area contributed by atoms with E-state index in [9.17, 15) is 4.79 Å². The smallest absolute Gasteiger partial charge is 0.318 e. The molecule has 9 heteroatoms. The van der Waals surface area contributed by atoms with Crippen molar-refractivity contribution in [3.05, 3.63) is 65.9 Å². The molecule has 2 fully saturated rings. The third kappa shape index (κ3) is 6.08. The highest BCUT2D eigenvalue weighted by Gasteiger charge is 2.29. The van der Waals surface area contributed by atoms with Crippen molar-refractivity contribution < 1.29 is 14.3 Å². The number of morpholine rings is 1. The van der Waals surface area contributed by atoms with Crippen LogP contribution in [0, 0.1) is 6.92 Å². The zero-order chi connectivity index (χ0) is 29.1. The molecular formula is C33H42N6O3. The summed E-state index contributed by atoms with van der Waals surface area (Å²) in [7, 11) is 0.